The van der Waals surface area contributed by atoms with Crippen molar-refractivity contribution in [3.8, 4) is 5.75 Å². The number of carbonyl (C=O) groups excluding carboxylic acids is 2. The number of hydrogen-bond donors (Lipinski definition) is 1. The fraction of sp³-hybridized carbons (Fsp3) is 0.652. The molecule has 172 valence electrons. The third-order valence-electron chi connectivity index (χ3n) is 3.47. The summed E-state index contributed by atoms with van der Waals surface area (Å²) in [7, 11) is 0. The molecule has 1 N–H and O–H groups in total. The van der Waals surface area contributed by atoms with E-state index < -0.39 is 29.3 Å². The number of carbonyl (C=O) groups is 2. The van der Waals surface area contributed by atoms with Gasteiger partial charge in [0.1, 0.15) is 29.6 Å². The number of rotatable bonds is 7. The molecule has 0 saturated carbocycles. The van der Waals surface area contributed by atoms with E-state index >= 15 is 0 Å². The Morgan fingerprint density at radius 2 is 1.60 bits per heavy atom. The molecule has 1 unspecified atom stereocenters. The fourth-order valence-electron chi connectivity index (χ4n) is 2.35. The molecule has 0 bridgehead atoms. The summed E-state index contributed by atoms with van der Waals surface area (Å²) in [5.41, 5.74) is 0.482. The number of ether oxygens (including phenoxy) is 3. The summed E-state index contributed by atoms with van der Waals surface area (Å²) < 4.78 is 16.3. The number of alkyl halides is 1. The summed E-state index contributed by atoms with van der Waals surface area (Å²) in [5.74, 6) is 0.510. The van der Waals surface area contributed by atoms with Crippen LogP contribution in [0.1, 0.15) is 66.5 Å². The van der Waals surface area contributed by atoms with E-state index in [9.17, 15) is 9.59 Å². The summed E-state index contributed by atoms with van der Waals surface area (Å²) in [5, 5.41) is 2.64. The topological polar surface area (TPSA) is 73.9 Å². The minimum atomic E-state index is -0.893. The molecule has 1 atom stereocenters. The largest absolute Gasteiger partial charge is 0.492 e. The summed E-state index contributed by atoms with van der Waals surface area (Å²) in [6.45, 7) is 16.9. The van der Waals surface area contributed by atoms with Gasteiger partial charge in [0.2, 0.25) is 0 Å². The first-order valence-electron chi connectivity index (χ1n) is 10.3. The van der Waals surface area contributed by atoms with Gasteiger partial charge in [0, 0.05) is 6.42 Å². The molecule has 0 heterocycles. The van der Waals surface area contributed by atoms with Crippen molar-refractivity contribution in [2.24, 2.45) is 0 Å². The van der Waals surface area contributed by atoms with Crippen molar-refractivity contribution in [3.63, 3.8) is 0 Å². The zero-order valence-electron chi connectivity index (χ0n) is 19.8. The highest BCUT2D eigenvalue weighted by atomic mass is 35.5. The van der Waals surface area contributed by atoms with Crippen molar-refractivity contribution >= 4 is 23.7 Å². The van der Waals surface area contributed by atoms with Crippen LogP contribution in [0.5, 0.6) is 5.75 Å². The van der Waals surface area contributed by atoms with Gasteiger partial charge in [-0.2, -0.15) is 0 Å². The van der Waals surface area contributed by atoms with Gasteiger partial charge >= 0.3 is 12.1 Å². The second-order valence-corrected chi connectivity index (χ2v) is 8.94. The maximum atomic E-state index is 12.7. The summed E-state index contributed by atoms with van der Waals surface area (Å²) >= 11 is 5.67. The number of amides is 1. The van der Waals surface area contributed by atoms with Gasteiger partial charge in [-0.05, 0) is 71.7 Å². The third-order valence-corrected chi connectivity index (χ3v) is 3.63. The first-order valence-corrected chi connectivity index (χ1v) is 10.8. The van der Waals surface area contributed by atoms with Crippen molar-refractivity contribution in [2.75, 3.05) is 12.5 Å². The standard InChI is InChI=1S/C21H32ClNO5.C2H6/c1-14-8-9-16(26-11-10-22)12-15(14)13-17(18(24)27-20(2,3)4)23-19(25)28-21(5,6)7;1-2/h8-9,12,17H,10-11,13H2,1-7H3,(H,23,25);1-2H3. The summed E-state index contributed by atoms with van der Waals surface area (Å²) in [6.07, 6.45) is -0.423. The van der Waals surface area contributed by atoms with Gasteiger partial charge in [0.05, 0.1) is 5.88 Å². The number of alkyl carbamates (subject to hydrolysis) is 1. The molecule has 1 aromatic rings. The number of aryl methyl sites for hydroxylation is 1. The lowest BCUT2D eigenvalue weighted by molar-refractivity contribution is -0.157. The SMILES string of the molecule is CC.Cc1ccc(OCCCl)cc1CC(NC(=O)OC(C)(C)C)C(=O)OC(C)(C)C. The molecule has 0 aliphatic heterocycles. The summed E-state index contributed by atoms with van der Waals surface area (Å²) in [4.78, 5) is 24.9. The predicted molar refractivity (Wildman–Crippen MR) is 121 cm³/mol. The number of nitrogens with one attached hydrogen (secondary N) is 1. The molecule has 6 nitrogen and oxygen atoms in total. The van der Waals surface area contributed by atoms with Crippen LogP contribution in [0.2, 0.25) is 0 Å². The molecule has 0 spiro atoms. The van der Waals surface area contributed by atoms with E-state index in [0.717, 1.165) is 11.1 Å². The van der Waals surface area contributed by atoms with Crippen LogP contribution in [-0.4, -0.2) is 41.8 Å². The molecule has 0 fully saturated rings. The maximum absolute atomic E-state index is 12.7. The lowest BCUT2D eigenvalue weighted by Gasteiger charge is -2.26. The Hall–Kier alpha value is -1.95. The van der Waals surface area contributed by atoms with Crippen LogP contribution in [0.4, 0.5) is 4.79 Å². The molecule has 1 aromatic carbocycles. The Kier molecular flexibility index (Phi) is 11.9. The molecular formula is C23H38ClNO5. The molecule has 1 amide bonds. The predicted octanol–water partition coefficient (Wildman–Crippen LogP) is 5.42. The van der Waals surface area contributed by atoms with Crippen LogP contribution in [-0.2, 0) is 20.7 Å². The van der Waals surface area contributed by atoms with Gasteiger partial charge < -0.3 is 19.5 Å². The Labute approximate surface area is 186 Å². The summed E-state index contributed by atoms with van der Waals surface area (Å²) in [6, 6.07) is 4.69. The zero-order valence-corrected chi connectivity index (χ0v) is 20.6. The minimum Gasteiger partial charge on any atom is -0.492 e. The number of hydrogen-bond acceptors (Lipinski definition) is 5. The molecule has 0 radical (unpaired) electrons. The number of halogens is 1. The fourth-order valence-corrected chi connectivity index (χ4v) is 2.43. The molecule has 30 heavy (non-hydrogen) atoms. The van der Waals surface area contributed by atoms with Gasteiger partial charge in [-0.3, -0.25) is 0 Å². The second kappa shape index (κ2) is 12.7. The molecule has 1 rings (SSSR count). The first kappa shape index (κ1) is 28.1. The van der Waals surface area contributed by atoms with Gasteiger partial charge in [-0.1, -0.05) is 19.9 Å². The van der Waals surface area contributed by atoms with Crippen molar-refractivity contribution < 1.29 is 23.8 Å². The highest BCUT2D eigenvalue weighted by Crippen LogP contribution is 2.20. The van der Waals surface area contributed by atoms with Crippen LogP contribution < -0.4 is 10.1 Å². The Morgan fingerprint density at radius 1 is 1.03 bits per heavy atom. The zero-order chi connectivity index (χ0) is 23.5. The van der Waals surface area contributed by atoms with Gasteiger partial charge in [-0.15, -0.1) is 11.6 Å². The Balaban J connectivity index is 0.00000407. The van der Waals surface area contributed by atoms with Crippen molar-refractivity contribution in [1.82, 2.24) is 5.32 Å². The van der Waals surface area contributed by atoms with Crippen molar-refractivity contribution in [1.29, 1.82) is 0 Å². The number of esters is 1. The quantitative estimate of drug-likeness (QED) is 0.450. The molecular weight excluding hydrogens is 406 g/mol. The average Bonchev–Trinajstić information content (AvgIpc) is 2.60. The molecule has 7 heteroatoms. The Bertz CT molecular complexity index is 677. The minimum absolute atomic E-state index is 0.248. The van der Waals surface area contributed by atoms with Gasteiger partial charge in [-0.25, -0.2) is 9.59 Å². The molecule has 0 saturated heterocycles. The Morgan fingerprint density at radius 3 is 2.10 bits per heavy atom. The smallest absolute Gasteiger partial charge is 0.408 e. The van der Waals surface area contributed by atoms with E-state index in [1.54, 1.807) is 41.5 Å². The van der Waals surface area contributed by atoms with Crippen LogP contribution in [0.25, 0.3) is 0 Å². The molecule has 0 aliphatic rings. The van der Waals surface area contributed by atoms with Crippen LogP contribution in [0.3, 0.4) is 0 Å². The lowest BCUT2D eigenvalue weighted by Crippen LogP contribution is -2.47. The van der Waals surface area contributed by atoms with E-state index in [-0.39, 0.29) is 6.42 Å². The van der Waals surface area contributed by atoms with E-state index in [2.05, 4.69) is 5.32 Å². The van der Waals surface area contributed by atoms with Crippen LogP contribution >= 0.6 is 11.6 Å². The normalized spacial score (nSPS) is 12.2. The average molecular weight is 444 g/mol. The van der Waals surface area contributed by atoms with Gasteiger partial charge in [0.25, 0.3) is 0 Å². The van der Waals surface area contributed by atoms with Crippen LogP contribution in [0, 0.1) is 6.92 Å². The van der Waals surface area contributed by atoms with Crippen molar-refractivity contribution in [2.45, 2.75) is 86.0 Å². The highest BCUT2D eigenvalue weighted by molar-refractivity contribution is 6.18. The third kappa shape index (κ3) is 11.9. The van der Waals surface area contributed by atoms with E-state index in [1.165, 1.54) is 0 Å². The molecule has 0 aliphatic carbocycles. The molecule has 0 aromatic heterocycles. The van der Waals surface area contributed by atoms with E-state index in [0.29, 0.717) is 18.2 Å². The van der Waals surface area contributed by atoms with Crippen LogP contribution in [0.15, 0.2) is 18.2 Å². The second-order valence-electron chi connectivity index (χ2n) is 8.56. The lowest BCUT2D eigenvalue weighted by atomic mass is 10.0. The highest BCUT2D eigenvalue weighted by Gasteiger charge is 2.29. The van der Waals surface area contributed by atoms with E-state index in [1.807, 2.05) is 39.0 Å². The maximum Gasteiger partial charge on any atom is 0.408 e. The van der Waals surface area contributed by atoms with Crippen molar-refractivity contribution in [3.05, 3.63) is 29.3 Å². The van der Waals surface area contributed by atoms with Gasteiger partial charge in [0.15, 0.2) is 0 Å². The van der Waals surface area contributed by atoms with E-state index in [4.69, 9.17) is 25.8 Å². The first-order chi connectivity index (χ1) is 13.8. The number of benzene rings is 1. The monoisotopic (exact) mass is 443 g/mol.